The van der Waals surface area contributed by atoms with Gasteiger partial charge in [-0.25, -0.2) is 0 Å². The Labute approximate surface area is 78.8 Å². The van der Waals surface area contributed by atoms with Gasteiger partial charge in [-0.05, 0) is 18.8 Å². The van der Waals surface area contributed by atoms with E-state index in [1.54, 1.807) is 0 Å². The summed E-state index contributed by atoms with van der Waals surface area (Å²) in [4.78, 5) is 0. The molecular formula is C12H25. The second kappa shape index (κ2) is 9.09. The highest BCUT2D eigenvalue weighted by Gasteiger charge is 2.03. The van der Waals surface area contributed by atoms with Crippen molar-refractivity contribution in [1.82, 2.24) is 0 Å². The molecular weight excluding hydrogens is 144 g/mol. The predicted octanol–water partition coefficient (Wildman–Crippen LogP) is 4.60. The molecule has 0 N–H and O–H groups in total. The molecule has 0 heterocycles. The molecule has 0 aliphatic heterocycles. The van der Waals surface area contributed by atoms with Crippen molar-refractivity contribution in [3.05, 3.63) is 6.42 Å². The third-order valence-electron chi connectivity index (χ3n) is 2.61. The summed E-state index contributed by atoms with van der Waals surface area (Å²) in [7, 11) is 0. The van der Waals surface area contributed by atoms with E-state index in [0.29, 0.717) is 0 Å². The smallest absolute Gasteiger partial charge is 0.0414 e. The van der Waals surface area contributed by atoms with Crippen molar-refractivity contribution < 1.29 is 0 Å². The monoisotopic (exact) mass is 169 g/mol. The summed E-state index contributed by atoms with van der Waals surface area (Å²) in [5, 5.41) is 0. The van der Waals surface area contributed by atoms with E-state index in [1.165, 1.54) is 44.9 Å². The highest BCUT2D eigenvalue weighted by molar-refractivity contribution is 4.65. The van der Waals surface area contributed by atoms with Gasteiger partial charge in [0.15, 0.2) is 0 Å². The topological polar surface area (TPSA) is 0 Å². The van der Waals surface area contributed by atoms with Gasteiger partial charge in [0.25, 0.3) is 0 Å². The molecule has 0 saturated heterocycles. The molecule has 0 heteroatoms. The number of hydrogen-bond acceptors (Lipinski definition) is 0. The van der Waals surface area contributed by atoms with Gasteiger partial charge in [0.1, 0.15) is 0 Å². The van der Waals surface area contributed by atoms with Crippen LogP contribution in [0, 0.1) is 12.3 Å². The zero-order valence-electron chi connectivity index (χ0n) is 9.10. The molecule has 12 heavy (non-hydrogen) atoms. The zero-order chi connectivity index (χ0) is 9.23. The molecule has 0 aromatic rings. The minimum atomic E-state index is 0.965. The van der Waals surface area contributed by atoms with Crippen LogP contribution in [0.15, 0.2) is 0 Å². The molecule has 1 unspecified atom stereocenters. The maximum absolute atomic E-state index is 2.31. The van der Waals surface area contributed by atoms with E-state index in [9.17, 15) is 0 Å². The second-order valence-corrected chi connectivity index (χ2v) is 3.77. The van der Waals surface area contributed by atoms with E-state index in [0.717, 1.165) is 5.92 Å². The van der Waals surface area contributed by atoms with Gasteiger partial charge in [0, 0.05) is 0 Å². The summed E-state index contributed by atoms with van der Waals surface area (Å²) in [5.74, 6) is 0.965. The molecule has 0 fully saturated rings. The number of hydrogen-bond donors (Lipinski definition) is 0. The first-order valence-corrected chi connectivity index (χ1v) is 5.62. The molecule has 0 bridgehead atoms. The van der Waals surface area contributed by atoms with E-state index < -0.39 is 0 Å². The molecule has 73 valence electrons. The Balaban J connectivity index is 3.19. The third kappa shape index (κ3) is 6.69. The molecule has 0 saturated carbocycles. The van der Waals surface area contributed by atoms with Crippen LogP contribution < -0.4 is 0 Å². The first kappa shape index (κ1) is 12.0. The van der Waals surface area contributed by atoms with Crippen LogP contribution in [0.1, 0.15) is 65.7 Å². The van der Waals surface area contributed by atoms with Crippen molar-refractivity contribution >= 4 is 0 Å². The lowest BCUT2D eigenvalue weighted by atomic mass is 9.94. The van der Waals surface area contributed by atoms with E-state index in [2.05, 4.69) is 27.2 Å². The van der Waals surface area contributed by atoms with Gasteiger partial charge in [-0.2, -0.15) is 0 Å². The summed E-state index contributed by atoms with van der Waals surface area (Å²) in [6.07, 6.45) is 12.1. The van der Waals surface area contributed by atoms with E-state index in [-0.39, 0.29) is 0 Å². The molecule has 0 rings (SSSR count). The van der Waals surface area contributed by atoms with Crippen molar-refractivity contribution in [3.63, 3.8) is 0 Å². The normalized spacial score (nSPS) is 13.2. The zero-order valence-corrected chi connectivity index (χ0v) is 9.10. The minimum absolute atomic E-state index is 0.965. The molecule has 0 aromatic heterocycles. The van der Waals surface area contributed by atoms with Crippen LogP contribution in [0.5, 0.6) is 0 Å². The molecule has 1 atom stereocenters. The lowest BCUT2D eigenvalue weighted by molar-refractivity contribution is 0.436. The quantitative estimate of drug-likeness (QED) is 0.466. The average molecular weight is 169 g/mol. The Kier molecular flexibility index (Phi) is 9.09. The van der Waals surface area contributed by atoms with Crippen LogP contribution in [-0.2, 0) is 0 Å². The fourth-order valence-electron chi connectivity index (χ4n) is 1.68. The SMILES string of the molecule is C[CH]CC(CC)CCCCCC. The number of unbranched alkanes of at least 4 members (excludes halogenated alkanes) is 3. The Morgan fingerprint density at radius 1 is 1.08 bits per heavy atom. The van der Waals surface area contributed by atoms with Crippen LogP contribution in [0.25, 0.3) is 0 Å². The van der Waals surface area contributed by atoms with Gasteiger partial charge >= 0.3 is 0 Å². The van der Waals surface area contributed by atoms with Gasteiger partial charge in [-0.1, -0.05) is 59.3 Å². The van der Waals surface area contributed by atoms with E-state index >= 15 is 0 Å². The van der Waals surface area contributed by atoms with E-state index in [4.69, 9.17) is 0 Å². The van der Waals surface area contributed by atoms with Crippen molar-refractivity contribution in [3.8, 4) is 0 Å². The Morgan fingerprint density at radius 2 is 1.83 bits per heavy atom. The summed E-state index contributed by atoms with van der Waals surface area (Å²) < 4.78 is 0. The van der Waals surface area contributed by atoms with Crippen LogP contribution in [0.3, 0.4) is 0 Å². The standard InChI is InChI=1S/C12H25/c1-4-7-8-9-11-12(6-3)10-5-2/h5,12H,4,6-11H2,1-3H3. The van der Waals surface area contributed by atoms with Crippen LogP contribution >= 0.6 is 0 Å². The summed E-state index contributed by atoms with van der Waals surface area (Å²) >= 11 is 0. The molecule has 0 aliphatic rings. The lowest BCUT2D eigenvalue weighted by Gasteiger charge is -2.12. The fourth-order valence-corrected chi connectivity index (χ4v) is 1.68. The molecule has 0 nitrogen and oxygen atoms in total. The van der Waals surface area contributed by atoms with Gasteiger partial charge in [0.2, 0.25) is 0 Å². The Hall–Kier alpha value is 0. The molecule has 0 aromatic carbocycles. The first-order valence-electron chi connectivity index (χ1n) is 5.62. The van der Waals surface area contributed by atoms with Gasteiger partial charge in [-0.15, -0.1) is 0 Å². The van der Waals surface area contributed by atoms with Crippen LogP contribution in [0.2, 0.25) is 0 Å². The maximum atomic E-state index is 2.31. The van der Waals surface area contributed by atoms with Crippen molar-refractivity contribution in [1.29, 1.82) is 0 Å². The predicted molar refractivity (Wildman–Crippen MR) is 57.1 cm³/mol. The first-order chi connectivity index (χ1) is 5.85. The average Bonchev–Trinajstić information content (AvgIpc) is 2.10. The molecule has 0 spiro atoms. The molecule has 1 radical (unpaired) electrons. The van der Waals surface area contributed by atoms with Crippen LogP contribution in [0.4, 0.5) is 0 Å². The summed E-state index contributed by atoms with van der Waals surface area (Å²) in [6, 6.07) is 0. The fraction of sp³-hybridized carbons (Fsp3) is 0.917. The largest absolute Gasteiger partial charge is 0.0654 e. The highest BCUT2D eigenvalue weighted by atomic mass is 14.1. The van der Waals surface area contributed by atoms with Gasteiger partial charge < -0.3 is 0 Å². The summed E-state index contributed by atoms with van der Waals surface area (Å²) in [6.45, 7) is 6.76. The molecule has 0 aliphatic carbocycles. The second-order valence-electron chi connectivity index (χ2n) is 3.77. The van der Waals surface area contributed by atoms with Crippen molar-refractivity contribution in [2.45, 2.75) is 65.7 Å². The lowest BCUT2D eigenvalue weighted by Crippen LogP contribution is -1.98. The number of rotatable bonds is 8. The van der Waals surface area contributed by atoms with Gasteiger partial charge in [0.05, 0.1) is 0 Å². The highest BCUT2D eigenvalue weighted by Crippen LogP contribution is 2.18. The minimum Gasteiger partial charge on any atom is -0.0654 e. The Bertz CT molecular complexity index is 76.1. The maximum Gasteiger partial charge on any atom is -0.0414 e. The Morgan fingerprint density at radius 3 is 2.33 bits per heavy atom. The van der Waals surface area contributed by atoms with E-state index in [1.807, 2.05) is 0 Å². The van der Waals surface area contributed by atoms with Crippen molar-refractivity contribution in [2.24, 2.45) is 5.92 Å². The van der Waals surface area contributed by atoms with Crippen molar-refractivity contribution in [2.75, 3.05) is 0 Å². The summed E-state index contributed by atoms with van der Waals surface area (Å²) in [5.41, 5.74) is 0. The van der Waals surface area contributed by atoms with Gasteiger partial charge in [-0.3, -0.25) is 0 Å². The third-order valence-corrected chi connectivity index (χ3v) is 2.61. The van der Waals surface area contributed by atoms with Crippen LogP contribution in [-0.4, -0.2) is 0 Å². The molecule has 0 amide bonds.